The van der Waals surface area contributed by atoms with Crippen LogP contribution in [0, 0.1) is 0 Å². The maximum absolute atomic E-state index is 5.63. The molecule has 0 saturated heterocycles. The van der Waals surface area contributed by atoms with Gasteiger partial charge in [-0.3, -0.25) is 4.57 Å². The molecular formula is C55H44N4. The second-order valence-corrected chi connectivity index (χ2v) is 16.4. The molecule has 0 bridgehead atoms. The average Bonchev–Trinajstić information content (AvgIpc) is 3.95. The molecule has 0 spiro atoms. The third-order valence-electron chi connectivity index (χ3n) is 12.2. The van der Waals surface area contributed by atoms with E-state index in [1.807, 2.05) is 0 Å². The Morgan fingerprint density at radius 1 is 0.424 bits per heavy atom. The molecule has 0 radical (unpaired) electrons. The molecule has 284 valence electrons. The van der Waals surface area contributed by atoms with Gasteiger partial charge in [-0.05, 0) is 101 Å². The van der Waals surface area contributed by atoms with Crippen molar-refractivity contribution in [3.63, 3.8) is 0 Å². The first-order valence-electron chi connectivity index (χ1n) is 20.8. The summed E-state index contributed by atoms with van der Waals surface area (Å²) in [5.74, 6) is 1.45. The van der Waals surface area contributed by atoms with Gasteiger partial charge in [-0.1, -0.05) is 143 Å². The lowest BCUT2D eigenvalue weighted by Crippen LogP contribution is -2.10. The van der Waals surface area contributed by atoms with Gasteiger partial charge in [-0.15, -0.1) is 0 Å². The molecule has 0 unspecified atom stereocenters. The molecule has 59 heavy (non-hydrogen) atoms. The van der Waals surface area contributed by atoms with E-state index in [1.54, 1.807) is 0 Å². The van der Waals surface area contributed by atoms with Crippen LogP contribution in [0.5, 0.6) is 0 Å². The molecule has 3 heterocycles. The molecule has 0 saturated carbocycles. The first kappa shape index (κ1) is 35.0. The molecule has 11 aromatic rings. The molecular weight excluding hydrogens is 717 g/mol. The highest BCUT2D eigenvalue weighted by Gasteiger charge is 2.28. The van der Waals surface area contributed by atoms with Gasteiger partial charge >= 0.3 is 0 Å². The highest BCUT2D eigenvalue weighted by Crippen LogP contribution is 2.46. The lowest BCUT2D eigenvalue weighted by atomic mass is 9.88. The standard InChI is InChI=1S/C55H44N4/c1-35(2)44-33-38(37-19-7-5-8-20-37)34-45(36(3)4)53(44)59-50-30-18-14-26-46(50)56-55(59)43-31-32-51(58-47-27-15-11-23-40(47)41-24-12-16-28-48(41)58)52-42-25-13-17-29-49(42)57(54(43)52)39-21-9-6-10-22-39/h5-36H,1-4H3. The van der Waals surface area contributed by atoms with Gasteiger partial charge in [-0.2, -0.15) is 0 Å². The summed E-state index contributed by atoms with van der Waals surface area (Å²) < 4.78 is 7.42. The second-order valence-electron chi connectivity index (χ2n) is 16.4. The van der Waals surface area contributed by atoms with E-state index in [4.69, 9.17) is 4.98 Å². The summed E-state index contributed by atoms with van der Waals surface area (Å²) in [6.07, 6.45) is 0. The van der Waals surface area contributed by atoms with Crippen LogP contribution in [0.1, 0.15) is 50.7 Å². The maximum Gasteiger partial charge on any atom is 0.147 e. The van der Waals surface area contributed by atoms with Crippen LogP contribution in [0.25, 0.3) is 94.2 Å². The van der Waals surface area contributed by atoms with Crippen LogP contribution < -0.4 is 0 Å². The predicted molar refractivity (Wildman–Crippen MR) is 249 cm³/mol. The molecule has 0 fully saturated rings. The van der Waals surface area contributed by atoms with Crippen molar-refractivity contribution < 1.29 is 0 Å². The van der Waals surface area contributed by atoms with Gasteiger partial charge in [0, 0.05) is 32.8 Å². The van der Waals surface area contributed by atoms with E-state index in [2.05, 4.69) is 223 Å². The largest absolute Gasteiger partial charge is 0.309 e. The highest BCUT2D eigenvalue weighted by molar-refractivity contribution is 6.19. The summed E-state index contributed by atoms with van der Waals surface area (Å²) in [5, 5.41) is 4.89. The number of hydrogen-bond acceptors (Lipinski definition) is 1. The molecule has 11 rings (SSSR count). The Hall–Kier alpha value is -7.17. The Balaban J connectivity index is 1.31. The third kappa shape index (κ3) is 5.40. The topological polar surface area (TPSA) is 27.7 Å². The fourth-order valence-electron chi connectivity index (χ4n) is 9.52. The SMILES string of the molecule is CC(C)c1cc(-c2ccccc2)cc(C(C)C)c1-n1c(-c2ccc(-n3c4ccccc4c4ccccc43)c3c4ccccc4n(-c4ccccc4)c23)nc2ccccc21. The molecule has 0 aliphatic rings. The normalized spacial score (nSPS) is 12.0. The van der Waals surface area contributed by atoms with E-state index in [0.717, 1.165) is 44.8 Å². The van der Waals surface area contributed by atoms with E-state index >= 15 is 0 Å². The number of hydrogen-bond donors (Lipinski definition) is 0. The Labute approximate surface area is 344 Å². The summed E-state index contributed by atoms with van der Waals surface area (Å²) >= 11 is 0. The minimum atomic E-state index is 0.258. The number of rotatable bonds is 7. The Kier molecular flexibility index (Phi) is 8.16. The van der Waals surface area contributed by atoms with Crippen LogP contribution in [0.4, 0.5) is 0 Å². The molecule has 0 atom stereocenters. The van der Waals surface area contributed by atoms with Crippen LogP contribution in [-0.2, 0) is 0 Å². The first-order chi connectivity index (χ1) is 29.0. The number of aromatic nitrogens is 4. The highest BCUT2D eigenvalue weighted by atomic mass is 15.1. The van der Waals surface area contributed by atoms with Crippen molar-refractivity contribution >= 4 is 54.6 Å². The second kappa shape index (κ2) is 13.7. The maximum atomic E-state index is 5.63. The molecule has 0 aliphatic carbocycles. The molecule has 0 aliphatic heterocycles. The van der Waals surface area contributed by atoms with Crippen molar-refractivity contribution in [1.29, 1.82) is 0 Å². The lowest BCUT2D eigenvalue weighted by Gasteiger charge is -2.25. The Morgan fingerprint density at radius 2 is 0.932 bits per heavy atom. The van der Waals surface area contributed by atoms with Gasteiger partial charge in [0.2, 0.25) is 0 Å². The number of para-hydroxylation sites is 6. The lowest BCUT2D eigenvalue weighted by molar-refractivity contribution is 0.811. The summed E-state index contributed by atoms with van der Waals surface area (Å²) in [4.78, 5) is 5.63. The average molecular weight is 761 g/mol. The number of benzene rings is 8. The molecule has 0 amide bonds. The molecule has 4 nitrogen and oxygen atoms in total. The number of nitrogens with zero attached hydrogens (tertiary/aromatic N) is 4. The van der Waals surface area contributed by atoms with Gasteiger partial charge in [0.15, 0.2) is 0 Å². The van der Waals surface area contributed by atoms with E-state index in [0.29, 0.717) is 0 Å². The van der Waals surface area contributed by atoms with Crippen molar-refractivity contribution in [2.75, 3.05) is 0 Å². The fraction of sp³-hybridized carbons (Fsp3) is 0.109. The van der Waals surface area contributed by atoms with Gasteiger partial charge in [0.05, 0.1) is 44.5 Å². The smallest absolute Gasteiger partial charge is 0.147 e. The fourth-order valence-corrected chi connectivity index (χ4v) is 9.52. The van der Waals surface area contributed by atoms with E-state index in [9.17, 15) is 0 Å². The Morgan fingerprint density at radius 3 is 1.54 bits per heavy atom. The van der Waals surface area contributed by atoms with Crippen molar-refractivity contribution in [1.82, 2.24) is 18.7 Å². The van der Waals surface area contributed by atoms with Crippen molar-refractivity contribution in [3.05, 3.63) is 193 Å². The molecule has 4 heteroatoms. The predicted octanol–water partition coefficient (Wildman–Crippen LogP) is 14.8. The van der Waals surface area contributed by atoms with E-state index < -0.39 is 0 Å². The summed E-state index contributed by atoms with van der Waals surface area (Å²) in [5.41, 5.74) is 16.4. The number of fused-ring (bicyclic) bond motifs is 7. The summed E-state index contributed by atoms with van der Waals surface area (Å²) in [7, 11) is 0. The van der Waals surface area contributed by atoms with Crippen molar-refractivity contribution in [2.24, 2.45) is 0 Å². The number of imidazole rings is 1. The van der Waals surface area contributed by atoms with Gasteiger partial charge < -0.3 is 9.13 Å². The van der Waals surface area contributed by atoms with E-state index in [-0.39, 0.29) is 11.8 Å². The quantitative estimate of drug-likeness (QED) is 0.159. The van der Waals surface area contributed by atoms with Crippen LogP contribution in [0.2, 0.25) is 0 Å². The zero-order valence-corrected chi connectivity index (χ0v) is 33.8. The van der Waals surface area contributed by atoms with Crippen LogP contribution >= 0.6 is 0 Å². The van der Waals surface area contributed by atoms with E-state index in [1.165, 1.54) is 60.5 Å². The zero-order chi connectivity index (χ0) is 39.8. The minimum absolute atomic E-state index is 0.258. The molecule has 8 aromatic carbocycles. The minimum Gasteiger partial charge on any atom is -0.309 e. The summed E-state index contributed by atoms with van der Waals surface area (Å²) in [6.45, 7) is 9.29. The van der Waals surface area contributed by atoms with Crippen molar-refractivity contribution in [3.8, 4) is 39.6 Å². The van der Waals surface area contributed by atoms with Gasteiger partial charge in [-0.25, -0.2) is 4.98 Å². The van der Waals surface area contributed by atoms with Crippen LogP contribution in [0.3, 0.4) is 0 Å². The Bertz CT molecular complexity index is 3300. The zero-order valence-electron chi connectivity index (χ0n) is 33.8. The molecule has 0 N–H and O–H groups in total. The van der Waals surface area contributed by atoms with Crippen LogP contribution in [0.15, 0.2) is 182 Å². The van der Waals surface area contributed by atoms with Gasteiger partial charge in [0.25, 0.3) is 0 Å². The summed E-state index contributed by atoms with van der Waals surface area (Å²) in [6, 6.07) is 66.3. The first-order valence-corrected chi connectivity index (χ1v) is 20.8. The monoisotopic (exact) mass is 760 g/mol. The third-order valence-corrected chi connectivity index (χ3v) is 12.2. The van der Waals surface area contributed by atoms with Crippen molar-refractivity contribution in [2.45, 2.75) is 39.5 Å². The van der Waals surface area contributed by atoms with Gasteiger partial charge in [0.1, 0.15) is 5.82 Å². The van der Waals surface area contributed by atoms with Crippen LogP contribution in [-0.4, -0.2) is 18.7 Å². The molecule has 3 aromatic heterocycles.